The Kier molecular flexibility index (Phi) is 6.28. The zero-order valence-corrected chi connectivity index (χ0v) is 17.6. The Hall–Kier alpha value is -1.43. The lowest BCUT2D eigenvalue weighted by atomic mass is 9.92. The Morgan fingerprint density at radius 1 is 1.14 bits per heavy atom. The van der Waals surface area contributed by atoms with Gasteiger partial charge in [0.15, 0.2) is 0 Å². The van der Waals surface area contributed by atoms with Crippen LogP contribution in [0.2, 0.25) is 5.02 Å². The van der Waals surface area contributed by atoms with Crippen molar-refractivity contribution in [3.63, 3.8) is 0 Å². The molecule has 3 unspecified atom stereocenters. The lowest BCUT2D eigenvalue weighted by Gasteiger charge is -2.32. The molecule has 2 aliphatic rings. The van der Waals surface area contributed by atoms with Gasteiger partial charge in [0.25, 0.3) is 0 Å². The molecule has 1 aliphatic carbocycles. The first-order chi connectivity index (χ1) is 14.0. The predicted molar refractivity (Wildman–Crippen MR) is 113 cm³/mol. The molecule has 2 aromatic rings. The number of aliphatic hydroxyl groups excluding tert-OH is 2. The highest BCUT2D eigenvalue weighted by atomic mass is 35.5. The summed E-state index contributed by atoms with van der Waals surface area (Å²) in [4.78, 5) is 0. The Morgan fingerprint density at radius 3 is 2.55 bits per heavy atom. The number of hydrogen-bond acceptors (Lipinski definition) is 4. The number of aliphatic hydroxyl groups is 2. The molecule has 2 fully saturated rings. The zero-order valence-electron chi connectivity index (χ0n) is 16.8. The number of rotatable bonds is 7. The van der Waals surface area contributed by atoms with Gasteiger partial charge in [-0.2, -0.15) is 0 Å². The smallest absolute Gasteiger partial charge is 0.0854 e. The van der Waals surface area contributed by atoms with E-state index < -0.39 is 6.10 Å². The number of ether oxygens (including phenoxy) is 2. The first-order valence-corrected chi connectivity index (χ1v) is 10.7. The fraction of sp³-hybridized carbons (Fsp3) is 0.500. The molecule has 1 saturated carbocycles. The van der Waals surface area contributed by atoms with Crippen molar-refractivity contribution in [2.45, 2.75) is 55.8 Å². The molecular weight excluding hydrogens is 388 g/mol. The van der Waals surface area contributed by atoms with Crippen LogP contribution < -0.4 is 0 Å². The molecule has 156 valence electrons. The average Bonchev–Trinajstić information content (AvgIpc) is 3.50. The maximum absolute atomic E-state index is 10.1. The number of hydrogen-bond donors (Lipinski definition) is 2. The molecule has 4 nitrogen and oxygen atoms in total. The topological polar surface area (TPSA) is 58.9 Å². The second-order valence-corrected chi connectivity index (χ2v) is 8.90. The van der Waals surface area contributed by atoms with Crippen molar-refractivity contribution < 1.29 is 19.7 Å². The maximum atomic E-state index is 10.1. The molecule has 5 heteroatoms. The van der Waals surface area contributed by atoms with E-state index in [1.807, 2.05) is 12.1 Å². The Bertz CT molecular complexity index is 831. The Morgan fingerprint density at radius 2 is 1.90 bits per heavy atom. The molecule has 1 aliphatic heterocycles. The van der Waals surface area contributed by atoms with Gasteiger partial charge in [-0.3, -0.25) is 0 Å². The van der Waals surface area contributed by atoms with Gasteiger partial charge >= 0.3 is 0 Å². The first-order valence-electron chi connectivity index (χ1n) is 10.3. The van der Waals surface area contributed by atoms with E-state index in [1.54, 1.807) is 7.11 Å². The van der Waals surface area contributed by atoms with Crippen molar-refractivity contribution in [1.82, 2.24) is 0 Å². The molecule has 1 heterocycles. The van der Waals surface area contributed by atoms with Gasteiger partial charge in [0.05, 0.1) is 31.5 Å². The van der Waals surface area contributed by atoms with Crippen molar-refractivity contribution in [3.8, 4) is 0 Å². The molecule has 2 aromatic carbocycles. The van der Waals surface area contributed by atoms with Gasteiger partial charge in [-0.15, -0.1) is 0 Å². The summed E-state index contributed by atoms with van der Waals surface area (Å²) < 4.78 is 11.4. The Balaban J connectivity index is 1.50. The third kappa shape index (κ3) is 4.68. The zero-order chi connectivity index (χ0) is 20.4. The molecule has 0 aromatic heterocycles. The van der Waals surface area contributed by atoms with Crippen molar-refractivity contribution >= 4 is 11.6 Å². The van der Waals surface area contributed by atoms with Crippen LogP contribution in [-0.4, -0.2) is 42.7 Å². The van der Waals surface area contributed by atoms with Gasteiger partial charge in [-0.1, -0.05) is 48.0 Å². The minimum atomic E-state index is -0.459. The van der Waals surface area contributed by atoms with Crippen LogP contribution in [0.5, 0.6) is 0 Å². The Labute approximate surface area is 177 Å². The maximum Gasteiger partial charge on any atom is 0.0854 e. The van der Waals surface area contributed by atoms with Gasteiger partial charge < -0.3 is 19.7 Å². The van der Waals surface area contributed by atoms with E-state index in [-0.39, 0.29) is 24.2 Å². The van der Waals surface area contributed by atoms with Gasteiger partial charge in [0.2, 0.25) is 0 Å². The third-order valence-electron chi connectivity index (χ3n) is 6.26. The van der Waals surface area contributed by atoms with Crippen molar-refractivity contribution in [3.05, 3.63) is 69.7 Å². The fourth-order valence-electron chi connectivity index (χ4n) is 4.39. The summed E-state index contributed by atoms with van der Waals surface area (Å²) in [5.41, 5.74) is 4.81. The van der Waals surface area contributed by atoms with Crippen LogP contribution >= 0.6 is 11.6 Å². The minimum Gasteiger partial charge on any atom is -0.394 e. The number of methoxy groups -OCH3 is 1. The molecule has 0 spiro atoms. The van der Waals surface area contributed by atoms with Crippen LogP contribution in [0.25, 0.3) is 0 Å². The van der Waals surface area contributed by atoms with Crippen molar-refractivity contribution in [2.75, 3.05) is 20.3 Å². The summed E-state index contributed by atoms with van der Waals surface area (Å²) in [6.07, 6.45) is 3.13. The van der Waals surface area contributed by atoms with E-state index in [0.717, 1.165) is 29.2 Å². The molecule has 0 bridgehead atoms. The van der Waals surface area contributed by atoms with E-state index >= 15 is 0 Å². The van der Waals surface area contributed by atoms with Gasteiger partial charge in [-0.05, 0) is 47.6 Å². The molecule has 0 amide bonds. The lowest BCUT2D eigenvalue weighted by molar-refractivity contribution is -0.113. The summed E-state index contributed by atoms with van der Waals surface area (Å²) in [7, 11) is 1.77. The van der Waals surface area contributed by atoms with E-state index in [9.17, 15) is 10.2 Å². The normalized spacial score (nSPS) is 25.7. The molecule has 0 radical (unpaired) electrons. The van der Waals surface area contributed by atoms with Crippen molar-refractivity contribution in [2.24, 2.45) is 0 Å². The highest BCUT2D eigenvalue weighted by molar-refractivity contribution is 6.31. The SMILES string of the molecule is COCC1(c2ccc(Cc3cc(C4CC(O)CC(CO)O4)ccc3Cl)cc2)CC1. The summed E-state index contributed by atoms with van der Waals surface area (Å²) in [5, 5.41) is 20.3. The standard InChI is InChI=1S/C24H29ClO4/c1-28-15-24(8-9-24)19-5-2-16(3-6-19)10-18-11-17(4-7-22(18)25)23-13-20(27)12-21(14-26)29-23/h2-7,11,20-21,23,26-27H,8-10,12-15H2,1H3. The van der Waals surface area contributed by atoms with E-state index in [4.69, 9.17) is 21.1 Å². The highest BCUT2D eigenvalue weighted by Gasteiger charge is 2.44. The molecule has 29 heavy (non-hydrogen) atoms. The quantitative estimate of drug-likeness (QED) is 0.710. The molecule has 4 rings (SSSR count). The highest BCUT2D eigenvalue weighted by Crippen LogP contribution is 2.48. The van der Waals surface area contributed by atoms with Gasteiger partial charge in [0, 0.05) is 30.4 Å². The lowest BCUT2D eigenvalue weighted by Crippen LogP contribution is -2.33. The van der Waals surface area contributed by atoms with Crippen molar-refractivity contribution in [1.29, 1.82) is 0 Å². The molecule has 3 atom stereocenters. The van der Waals surface area contributed by atoms with Crippen LogP contribution in [0.4, 0.5) is 0 Å². The molecule has 2 N–H and O–H groups in total. The number of benzene rings is 2. The summed E-state index contributed by atoms with van der Waals surface area (Å²) in [5.74, 6) is 0. The van der Waals surface area contributed by atoms with E-state index in [2.05, 4.69) is 30.3 Å². The van der Waals surface area contributed by atoms with E-state index in [0.29, 0.717) is 12.8 Å². The van der Waals surface area contributed by atoms with Crippen LogP contribution in [0.15, 0.2) is 42.5 Å². The van der Waals surface area contributed by atoms with Crippen LogP contribution in [0.1, 0.15) is 54.0 Å². The minimum absolute atomic E-state index is 0.0785. The first kappa shape index (κ1) is 20.8. The second kappa shape index (κ2) is 8.75. The van der Waals surface area contributed by atoms with Gasteiger partial charge in [0.1, 0.15) is 0 Å². The van der Waals surface area contributed by atoms with Crippen LogP contribution in [-0.2, 0) is 21.3 Å². The van der Waals surface area contributed by atoms with Gasteiger partial charge in [-0.25, -0.2) is 0 Å². The average molecular weight is 417 g/mol. The molecular formula is C24H29ClO4. The third-order valence-corrected chi connectivity index (χ3v) is 6.63. The molecule has 1 saturated heterocycles. The fourth-order valence-corrected chi connectivity index (χ4v) is 4.58. The largest absolute Gasteiger partial charge is 0.394 e. The van der Waals surface area contributed by atoms with Crippen LogP contribution in [0, 0.1) is 0 Å². The summed E-state index contributed by atoms with van der Waals surface area (Å²) >= 11 is 6.48. The predicted octanol–water partition coefficient (Wildman–Crippen LogP) is 4.18. The summed E-state index contributed by atoms with van der Waals surface area (Å²) in [6.45, 7) is 0.702. The number of halogens is 1. The second-order valence-electron chi connectivity index (χ2n) is 8.49. The summed E-state index contributed by atoms with van der Waals surface area (Å²) in [6, 6.07) is 14.7. The van der Waals surface area contributed by atoms with Crippen LogP contribution in [0.3, 0.4) is 0 Å². The van der Waals surface area contributed by atoms with E-state index in [1.165, 1.54) is 24.0 Å². The monoisotopic (exact) mass is 416 g/mol.